The summed E-state index contributed by atoms with van der Waals surface area (Å²) >= 11 is 0. The Morgan fingerprint density at radius 2 is 0.861 bits per heavy atom. The van der Waals surface area contributed by atoms with Crippen molar-refractivity contribution in [3.8, 4) is 73.9 Å². The van der Waals surface area contributed by atoms with Crippen LogP contribution in [-0.4, -0.2) is 24.1 Å². The Balaban J connectivity index is 1.22. The fraction of sp³-hybridized carbons (Fsp3) is 0.121. The Labute approximate surface area is 420 Å². The molecule has 0 aliphatic heterocycles. The molecule has 0 bridgehead atoms. The molecule has 0 saturated carbocycles. The number of para-hydroxylation sites is 2. The molecule has 12 aromatic rings. The highest BCUT2D eigenvalue weighted by Gasteiger charge is 2.25. The second-order valence-electron chi connectivity index (χ2n) is 20.8. The Bertz CT molecular complexity index is 4060. The van der Waals surface area contributed by atoms with Crippen molar-refractivity contribution in [2.24, 2.45) is 0 Å². The molecule has 3 heterocycles. The molecule has 0 saturated heterocycles. The molecule has 3 aromatic heterocycles. The lowest BCUT2D eigenvalue weighted by Crippen LogP contribution is -2.10. The maximum absolute atomic E-state index is 10.5. The third-order valence-corrected chi connectivity index (χ3v) is 14.2. The first-order valence-electron chi connectivity index (χ1n) is 24.7. The van der Waals surface area contributed by atoms with E-state index in [0.29, 0.717) is 23.0 Å². The maximum Gasteiger partial charge on any atom is 0.164 e. The molecule has 0 aliphatic carbocycles. The molecule has 0 fully saturated rings. The first kappa shape index (κ1) is 44.3. The van der Waals surface area contributed by atoms with E-state index in [2.05, 4.69) is 178 Å². The molecule has 6 nitrogen and oxygen atoms in total. The molecule has 0 amide bonds. The lowest BCUT2D eigenvalue weighted by atomic mass is 9.86. The van der Waals surface area contributed by atoms with Gasteiger partial charge in [0.15, 0.2) is 17.5 Å². The fourth-order valence-corrected chi connectivity index (χ4v) is 10.4. The predicted molar refractivity (Wildman–Crippen MR) is 298 cm³/mol. The number of fused-ring (bicyclic) bond motifs is 6. The first-order valence-corrected chi connectivity index (χ1v) is 24.7. The van der Waals surface area contributed by atoms with Gasteiger partial charge in [-0.25, -0.2) is 15.0 Å². The summed E-state index contributed by atoms with van der Waals surface area (Å²) in [6.45, 7) is 13.6. The van der Waals surface area contributed by atoms with Crippen molar-refractivity contribution in [1.29, 1.82) is 5.26 Å². The topological polar surface area (TPSA) is 72.3 Å². The minimum Gasteiger partial charge on any atom is -0.309 e. The van der Waals surface area contributed by atoms with Gasteiger partial charge < -0.3 is 9.13 Å². The lowest BCUT2D eigenvalue weighted by molar-refractivity contribution is 0.591. The average Bonchev–Trinajstić information content (AvgIpc) is 3.92. The van der Waals surface area contributed by atoms with Crippen LogP contribution in [0.1, 0.15) is 58.2 Å². The molecule has 72 heavy (non-hydrogen) atoms. The number of aromatic nitrogens is 5. The van der Waals surface area contributed by atoms with Crippen molar-refractivity contribution in [2.45, 2.75) is 52.4 Å². The van der Waals surface area contributed by atoms with Gasteiger partial charge in [-0.05, 0) is 111 Å². The van der Waals surface area contributed by atoms with Gasteiger partial charge in [0.2, 0.25) is 0 Å². The van der Waals surface area contributed by atoms with Crippen molar-refractivity contribution in [2.75, 3.05) is 0 Å². The van der Waals surface area contributed by atoms with Gasteiger partial charge in [0.05, 0.1) is 39.4 Å². The average molecular weight is 929 g/mol. The minimum absolute atomic E-state index is 0.0271. The van der Waals surface area contributed by atoms with E-state index < -0.39 is 0 Å². The zero-order chi connectivity index (χ0) is 49.3. The number of nitrogens with zero attached hydrogens (tertiary/aromatic N) is 6. The summed E-state index contributed by atoms with van der Waals surface area (Å²) in [7, 11) is 0. The fourth-order valence-electron chi connectivity index (χ4n) is 10.4. The maximum atomic E-state index is 10.5. The minimum atomic E-state index is -0.0451. The van der Waals surface area contributed by atoms with Crippen LogP contribution in [0.2, 0.25) is 0 Å². The summed E-state index contributed by atoms with van der Waals surface area (Å²) in [5, 5.41) is 15.3. The van der Waals surface area contributed by atoms with Crippen LogP contribution in [0.4, 0.5) is 0 Å². The molecule has 6 heteroatoms. The van der Waals surface area contributed by atoms with Crippen LogP contribution in [0.25, 0.3) is 111 Å². The zero-order valence-corrected chi connectivity index (χ0v) is 41.3. The van der Waals surface area contributed by atoms with E-state index in [1.807, 2.05) is 84.9 Å². The number of rotatable bonds is 7. The number of benzene rings is 9. The number of nitriles is 1. The van der Waals surface area contributed by atoms with Crippen LogP contribution in [0.15, 0.2) is 206 Å². The van der Waals surface area contributed by atoms with E-state index in [-0.39, 0.29) is 10.8 Å². The van der Waals surface area contributed by atoms with Crippen molar-refractivity contribution in [3.05, 3.63) is 223 Å². The molecule has 0 aliphatic rings. The van der Waals surface area contributed by atoms with Crippen molar-refractivity contribution < 1.29 is 0 Å². The van der Waals surface area contributed by atoms with Crippen molar-refractivity contribution >= 4 is 43.6 Å². The van der Waals surface area contributed by atoms with Gasteiger partial charge in [-0.15, -0.1) is 0 Å². The van der Waals surface area contributed by atoms with Crippen LogP contribution in [0.3, 0.4) is 0 Å². The van der Waals surface area contributed by atoms with E-state index in [1.54, 1.807) is 0 Å². The van der Waals surface area contributed by atoms with Gasteiger partial charge in [0, 0.05) is 49.5 Å². The second kappa shape index (κ2) is 17.2. The summed E-state index contributed by atoms with van der Waals surface area (Å²) in [4.78, 5) is 15.8. The molecule has 0 N–H and O–H groups in total. The van der Waals surface area contributed by atoms with E-state index >= 15 is 0 Å². The van der Waals surface area contributed by atoms with Crippen LogP contribution in [-0.2, 0) is 10.8 Å². The van der Waals surface area contributed by atoms with Crippen LogP contribution in [0.5, 0.6) is 0 Å². The summed E-state index contributed by atoms with van der Waals surface area (Å²) in [6.07, 6.45) is 0. The Hall–Kier alpha value is -8.92. The van der Waals surface area contributed by atoms with E-state index in [1.165, 1.54) is 32.7 Å². The number of hydrogen-bond acceptors (Lipinski definition) is 4. The summed E-state index contributed by atoms with van der Waals surface area (Å²) in [5.41, 5.74) is 15.8. The first-order chi connectivity index (χ1) is 34.9. The molecular weight excluding hydrogens is 877 g/mol. The third-order valence-electron chi connectivity index (χ3n) is 14.2. The summed E-state index contributed by atoms with van der Waals surface area (Å²) in [5.74, 6) is 1.72. The van der Waals surface area contributed by atoms with Crippen molar-refractivity contribution in [1.82, 2.24) is 24.1 Å². The molecular formula is C66H52N6. The summed E-state index contributed by atoms with van der Waals surface area (Å²) in [6, 6.07) is 75.3. The van der Waals surface area contributed by atoms with Gasteiger partial charge >= 0.3 is 0 Å². The molecule has 346 valence electrons. The third kappa shape index (κ3) is 7.62. The van der Waals surface area contributed by atoms with Crippen LogP contribution < -0.4 is 0 Å². The Morgan fingerprint density at radius 1 is 0.361 bits per heavy atom. The van der Waals surface area contributed by atoms with Gasteiger partial charge in [-0.2, -0.15) is 5.26 Å². The quantitative estimate of drug-likeness (QED) is 0.160. The molecule has 0 radical (unpaired) electrons. The molecule has 0 atom stereocenters. The standard InChI is InChI=1S/C66H52N6/c1-65(2,3)46-30-35-59-55(38-46)50-25-15-17-27-57(50)71(59)48-32-33-52(64-69-62(42-19-9-7-10-20-42)68-63(70-64)43-21-11-8-12-22-43)53(40-48)54-37-44(49-24-14-13-23-45(49)41-67)29-34-60(54)72-58-28-18-16-26-51(58)56-39-47(66(4,5)6)31-36-61(56)72/h7-40H,1-6H3. The van der Waals surface area contributed by atoms with Gasteiger partial charge in [0.1, 0.15) is 0 Å². The molecule has 12 rings (SSSR count). The van der Waals surface area contributed by atoms with Crippen LogP contribution >= 0.6 is 0 Å². The SMILES string of the molecule is CC(C)(C)c1ccc2c(c1)c1ccccc1n2-c1ccc(-c2nc(-c3ccccc3)nc(-c3ccccc3)n2)c(-c2cc(-c3ccccc3C#N)ccc2-n2c3ccccc3c3cc(C(C)(C)C)ccc32)c1. The van der Waals surface area contributed by atoms with E-state index in [9.17, 15) is 5.26 Å². The largest absolute Gasteiger partial charge is 0.309 e. The van der Waals surface area contributed by atoms with Crippen molar-refractivity contribution in [3.63, 3.8) is 0 Å². The van der Waals surface area contributed by atoms with Gasteiger partial charge in [0.25, 0.3) is 0 Å². The molecule has 0 unspecified atom stereocenters. The highest BCUT2D eigenvalue weighted by atomic mass is 15.0. The zero-order valence-electron chi connectivity index (χ0n) is 41.3. The lowest BCUT2D eigenvalue weighted by Gasteiger charge is -2.21. The summed E-state index contributed by atoms with van der Waals surface area (Å²) < 4.78 is 4.81. The Kier molecular flexibility index (Phi) is 10.6. The van der Waals surface area contributed by atoms with Crippen LogP contribution in [0, 0.1) is 11.3 Å². The predicted octanol–water partition coefficient (Wildman–Crippen LogP) is 16.9. The molecule has 9 aromatic carbocycles. The second-order valence-corrected chi connectivity index (χ2v) is 20.8. The monoisotopic (exact) mass is 928 g/mol. The Morgan fingerprint density at radius 3 is 1.44 bits per heavy atom. The smallest absolute Gasteiger partial charge is 0.164 e. The van der Waals surface area contributed by atoms with E-state index in [0.717, 1.165) is 72.4 Å². The normalized spacial score (nSPS) is 12.0. The molecule has 0 spiro atoms. The van der Waals surface area contributed by atoms with E-state index in [4.69, 9.17) is 15.0 Å². The highest BCUT2D eigenvalue weighted by molar-refractivity contribution is 6.11. The highest BCUT2D eigenvalue weighted by Crippen LogP contribution is 2.45. The van der Waals surface area contributed by atoms with Gasteiger partial charge in [-0.1, -0.05) is 175 Å². The number of hydrogen-bond donors (Lipinski definition) is 0. The van der Waals surface area contributed by atoms with Gasteiger partial charge in [-0.3, -0.25) is 0 Å².